The molecule has 2 heterocycles. The molecule has 0 fully saturated rings. The number of hydrogen-bond donors (Lipinski definition) is 1. The fourth-order valence-corrected chi connectivity index (χ4v) is 1.78. The van der Waals surface area contributed by atoms with Crippen LogP contribution in [0.1, 0.15) is 0 Å². The molecular formula is C11H9NO3. The number of rotatable bonds is 0. The van der Waals surface area contributed by atoms with E-state index in [1.807, 2.05) is 6.07 Å². The van der Waals surface area contributed by atoms with Gasteiger partial charge in [0.05, 0.1) is 5.39 Å². The lowest BCUT2D eigenvalue weighted by Gasteiger charge is -2.19. The molecule has 0 atom stereocenters. The molecule has 1 aromatic heterocycles. The van der Waals surface area contributed by atoms with Crippen molar-refractivity contribution in [3.63, 3.8) is 0 Å². The van der Waals surface area contributed by atoms with Crippen LogP contribution in [0.4, 0.5) is 0 Å². The highest BCUT2D eigenvalue weighted by molar-refractivity contribution is 5.90. The van der Waals surface area contributed by atoms with Gasteiger partial charge in [0.2, 0.25) is 0 Å². The molecule has 3 rings (SSSR count). The van der Waals surface area contributed by atoms with Crippen LogP contribution in [-0.2, 0) is 0 Å². The van der Waals surface area contributed by atoms with Crippen LogP contribution in [0.5, 0.6) is 11.5 Å². The van der Waals surface area contributed by atoms with Gasteiger partial charge in [0.1, 0.15) is 13.2 Å². The monoisotopic (exact) mass is 203 g/mol. The van der Waals surface area contributed by atoms with Crippen molar-refractivity contribution in [3.8, 4) is 11.5 Å². The SMILES string of the molecule is O=c1[nH]ccc2c3c(ccc12)OCCO3. The molecule has 4 nitrogen and oxygen atoms in total. The smallest absolute Gasteiger partial charge is 0.255 e. The summed E-state index contributed by atoms with van der Waals surface area (Å²) in [4.78, 5) is 14.1. The Morgan fingerprint density at radius 2 is 1.93 bits per heavy atom. The lowest BCUT2D eigenvalue weighted by molar-refractivity contribution is 0.174. The van der Waals surface area contributed by atoms with Crippen LogP contribution in [0.15, 0.2) is 29.2 Å². The molecule has 0 amide bonds. The van der Waals surface area contributed by atoms with Crippen molar-refractivity contribution in [3.05, 3.63) is 34.7 Å². The number of aromatic amines is 1. The number of benzene rings is 1. The van der Waals surface area contributed by atoms with Crippen LogP contribution in [0.3, 0.4) is 0 Å². The fourth-order valence-electron chi connectivity index (χ4n) is 1.78. The summed E-state index contributed by atoms with van der Waals surface area (Å²) in [5.41, 5.74) is -0.107. The maximum absolute atomic E-state index is 11.5. The maximum atomic E-state index is 11.5. The second-order valence-electron chi connectivity index (χ2n) is 3.36. The van der Waals surface area contributed by atoms with Crippen LogP contribution >= 0.6 is 0 Å². The Balaban J connectivity index is 2.42. The Hall–Kier alpha value is -1.97. The molecule has 15 heavy (non-hydrogen) atoms. The number of aromatic nitrogens is 1. The van der Waals surface area contributed by atoms with Gasteiger partial charge in [-0.2, -0.15) is 0 Å². The number of H-pyrrole nitrogens is 1. The normalized spacial score (nSPS) is 14.1. The molecule has 1 aliphatic rings. The molecule has 76 valence electrons. The Morgan fingerprint density at radius 1 is 1.07 bits per heavy atom. The minimum Gasteiger partial charge on any atom is -0.486 e. The highest BCUT2D eigenvalue weighted by Crippen LogP contribution is 2.35. The van der Waals surface area contributed by atoms with E-state index < -0.39 is 0 Å². The van der Waals surface area contributed by atoms with Gasteiger partial charge in [0.25, 0.3) is 5.56 Å². The standard InChI is InChI=1S/C11H9NO3/c13-11-8-1-2-9-10(15-6-5-14-9)7(8)3-4-12-11/h1-4H,5-6H2,(H,12,13). The van der Waals surface area contributed by atoms with Crippen molar-refractivity contribution in [1.82, 2.24) is 4.98 Å². The van der Waals surface area contributed by atoms with Gasteiger partial charge in [-0.1, -0.05) is 0 Å². The molecule has 0 unspecified atom stereocenters. The van der Waals surface area contributed by atoms with Crippen LogP contribution in [0.25, 0.3) is 10.8 Å². The summed E-state index contributed by atoms with van der Waals surface area (Å²) >= 11 is 0. The Kier molecular flexibility index (Phi) is 1.68. The topological polar surface area (TPSA) is 51.3 Å². The number of pyridine rings is 1. The molecule has 0 bridgehead atoms. The van der Waals surface area contributed by atoms with E-state index in [-0.39, 0.29) is 5.56 Å². The van der Waals surface area contributed by atoms with E-state index in [1.165, 1.54) is 0 Å². The van der Waals surface area contributed by atoms with Gasteiger partial charge in [-0.05, 0) is 18.2 Å². The first-order chi connectivity index (χ1) is 7.36. The first kappa shape index (κ1) is 8.35. The van der Waals surface area contributed by atoms with Crippen LogP contribution < -0.4 is 15.0 Å². The number of ether oxygens (including phenoxy) is 2. The predicted molar refractivity (Wildman–Crippen MR) is 55.6 cm³/mol. The van der Waals surface area contributed by atoms with Crippen LogP contribution in [0.2, 0.25) is 0 Å². The van der Waals surface area contributed by atoms with Gasteiger partial charge in [0, 0.05) is 11.6 Å². The third-order valence-corrected chi connectivity index (χ3v) is 2.46. The van der Waals surface area contributed by atoms with E-state index in [2.05, 4.69) is 4.98 Å². The van der Waals surface area contributed by atoms with E-state index in [0.29, 0.717) is 30.1 Å². The zero-order valence-electron chi connectivity index (χ0n) is 7.95. The zero-order valence-corrected chi connectivity index (χ0v) is 7.95. The third kappa shape index (κ3) is 1.18. The quantitative estimate of drug-likeness (QED) is 0.702. The molecule has 4 heteroatoms. The molecule has 2 aromatic rings. The summed E-state index contributed by atoms with van der Waals surface area (Å²) in [7, 11) is 0. The highest BCUT2D eigenvalue weighted by atomic mass is 16.6. The average molecular weight is 203 g/mol. The number of fused-ring (bicyclic) bond motifs is 3. The molecule has 0 aliphatic carbocycles. The van der Waals surface area contributed by atoms with E-state index in [0.717, 1.165) is 5.39 Å². The summed E-state index contributed by atoms with van der Waals surface area (Å²) in [6.07, 6.45) is 1.61. The third-order valence-electron chi connectivity index (χ3n) is 2.46. The summed E-state index contributed by atoms with van der Waals surface area (Å²) in [6, 6.07) is 5.35. The van der Waals surface area contributed by atoms with Gasteiger partial charge in [-0.25, -0.2) is 0 Å². The van der Waals surface area contributed by atoms with Gasteiger partial charge in [-0.15, -0.1) is 0 Å². The van der Waals surface area contributed by atoms with E-state index in [4.69, 9.17) is 9.47 Å². The van der Waals surface area contributed by atoms with Crippen LogP contribution in [-0.4, -0.2) is 18.2 Å². The van der Waals surface area contributed by atoms with Crippen molar-refractivity contribution >= 4 is 10.8 Å². The number of hydrogen-bond acceptors (Lipinski definition) is 3. The zero-order chi connectivity index (χ0) is 10.3. The summed E-state index contributed by atoms with van der Waals surface area (Å²) in [5.74, 6) is 1.38. The molecule has 1 aromatic carbocycles. The first-order valence-corrected chi connectivity index (χ1v) is 4.76. The van der Waals surface area contributed by atoms with Gasteiger partial charge < -0.3 is 14.5 Å². The van der Waals surface area contributed by atoms with E-state index in [1.54, 1.807) is 18.3 Å². The number of nitrogens with one attached hydrogen (secondary N) is 1. The van der Waals surface area contributed by atoms with Crippen molar-refractivity contribution < 1.29 is 9.47 Å². The molecule has 0 radical (unpaired) electrons. The van der Waals surface area contributed by atoms with Crippen molar-refractivity contribution in [2.75, 3.05) is 13.2 Å². The summed E-state index contributed by atoms with van der Waals surface area (Å²) in [6.45, 7) is 1.08. The highest BCUT2D eigenvalue weighted by Gasteiger charge is 2.15. The molecule has 0 saturated heterocycles. The Bertz CT molecular complexity index is 574. The van der Waals surface area contributed by atoms with Gasteiger partial charge in [0.15, 0.2) is 11.5 Å². The average Bonchev–Trinajstić information content (AvgIpc) is 2.29. The predicted octanol–water partition coefficient (Wildman–Crippen LogP) is 1.30. The van der Waals surface area contributed by atoms with Gasteiger partial charge in [-0.3, -0.25) is 4.79 Å². The molecule has 0 saturated carbocycles. The minimum absolute atomic E-state index is 0.107. The summed E-state index contributed by atoms with van der Waals surface area (Å²) in [5, 5.41) is 1.43. The van der Waals surface area contributed by atoms with E-state index in [9.17, 15) is 4.79 Å². The molecule has 1 aliphatic heterocycles. The summed E-state index contributed by atoms with van der Waals surface area (Å²) < 4.78 is 10.9. The second-order valence-corrected chi connectivity index (χ2v) is 3.36. The Labute approximate surface area is 85.4 Å². The van der Waals surface area contributed by atoms with Crippen molar-refractivity contribution in [2.24, 2.45) is 0 Å². The van der Waals surface area contributed by atoms with Gasteiger partial charge >= 0.3 is 0 Å². The fraction of sp³-hybridized carbons (Fsp3) is 0.182. The van der Waals surface area contributed by atoms with Crippen molar-refractivity contribution in [1.29, 1.82) is 0 Å². The maximum Gasteiger partial charge on any atom is 0.255 e. The first-order valence-electron chi connectivity index (χ1n) is 4.76. The largest absolute Gasteiger partial charge is 0.486 e. The second kappa shape index (κ2) is 3.02. The van der Waals surface area contributed by atoms with Crippen molar-refractivity contribution in [2.45, 2.75) is 0 Å². The molecular weight excluding hydrogens is 194 g/mol. The minimum atomic E-state index is -0.107. The van der Waals surface area contributed by atoms with Crippen LogP contribution in [0, 0.1) is 0 Å². The lowest BCUT2D eigenvalue weighted by atomic mass is 10.1. The molecule has 1 N–H and O–H groups in total. The molecule has 0 spiro atoms. The lowest BCUT2D eigenvalue weighted by Crippen LogP contribution is -2.16. The Morgan fingerprint density at radius 3 is 2.87 bits per heavy atom. The van der Waals surface area contributed by atoms with E-state index >= 15 is 0 Å².